The minimum Gasteiger partial charge on any atom is -0.467 e. The Morgan fingerprint density at radius 2 is 2.00 bits per heavy atom. The topological polar surface area (TPSA) is 67.3 Å². The van der Waals surface area contributed by atoms with Crippen molar-refractivity contribution in [1.82, 2.24) is 9.97 Å². The fourth-order valence-corrected chi connectivity index (χ4v) is 3.08. The van der Waals surface area contributed by atoms with Crippen LogP contribution in [0.15, 0.2) is 24.3 Å². The van der Waals surface area contributed by atoms with Gasteiger partial charge >= 0.3 is 0 Å². The van der Waals surface area contributed by atoms with E-state index in [1.54, 1.807) is 18.2 Å². The molecule has 0 saturated carbocycles. The Balaban J connectivity index is 1.62. The smallest absolute Gasteiger partial charge is 0.262 e. The maximum atomic E-state index is 12.2. The van der Waals surface area contributed by atoms with E-state index in [1.165, 1.54) is 6.42 Å². The number of benzene rings is 1. The Labute approximate surface area is 158 Å². The molecule has 1 aromatic carbocycles. The van der Waals surface area contributed by atoms with Crippen molar-refractivity contribution in [2.24, 2.45) is 0 Å². The Bertz CT molecular complexity index is 791. The van der Waals surface area contributed by atoms with Crippen LogP contribution in [0.2, 0.25) is 5.02 Å². The molecule has 1 aromatic heterocycles. The highest BCUT2D eigenvalue weighted by Crippen LogP contribution is 2.23. The minimum atomic E-state index is -0.258. The molecule has 1 N–H and O–H groups in total. The third-order valence-corrected chi connectivity index (χ3v) is 4.76. The van der Waals surface area contributed by atoms with Crippen molar-refractivity contribution in [1.29, 1.82) is 0 Å². The van der Waals surface area contributed by atoms with Crippen molar-refractivity contribution in [3.8, 4) is 5.88 Å². The Morgan fingerprint density at radius 1 is 1.23 bits per heavy atom. The number of aromatic nitrogens is 2. The number of amides is 1. The van der Waals surface area contributed by atoms with Crippen LogP contribution in [0.5, 0.6) is 5.88 Å². The standard InChI is InChI=1S/C19H23ClN4O2/c1-13-11-18(23-19(21-13)24-9-4-3-5-10-24)26-12-17(25)22-16-8-6-7-15(20)14(16)2/h6-8,11H,3-5,9-10,12H2,1-2H3,(H,22,25). The second-order valence-electron chi connectivity index (χ2n) is 6.44. The number of anilines is 2. The average molecular weight is 375 g/mol. The fraction of sp³-hybridized carbons (Fsp3) is 0.421. The summed E-state index contributed by atoms with van der Waals surface area (Å²) in [7, 11) is 0. The molecule has 0 aliphatic carbocycles. The molecule has 0 atom stereocenters. The number of rotatable bonds is 5. The molecule has 7 heteroatoms. The van der Waals surface area contributed by atoms with Gasteiger partial charge < -0.3 is 15.0 Å². The van der Waals surface area contributed by atoms with E-state index in [9.17, 15) is 4.79 Å². The first kappa shape index (κ1) is 18.5. The fourth-order valence-electron chi connectivity index (χ4n) is 2.90. The SMILES string of the molecule is Cc1cc(OCC(=O)Nc2cccc(Cl)c2C)nc(N2CCCCC2)n1. The van der Waals surface area contributed by atoms with Crippen LogP contribution in [0.3, 0.4) is 0 Å². The summed E-state index contributed by atoms with van der Waals surface area (Å²) in [5.74, 6) is 0.827. The summed E-state index contributed by atoms with van der Waals surface area (Å²) < 4.78 is 5.60. The minimum absolute atomic E-state index is 0.123. The predicted molar refractivity (Wildman–Crippen MR) is 103 cm³/mol. The van der Waals surface area contributed by atoms with Gasteiger partial charge in [0.2, 0.25) is 11.8 Å². The van der Waals surface area contributed by atoms with E-state index in [0.717, 1.165) is 37.2 Å². The van der Waals surface area contributed by atoms with Crippen LogP contribution < -0.4 is 15.0 Å². The molecular weight excluding hydrogens is 352 g/mol. The molecule has 1 fully saturated rings. The van der Waals surface area contributed by atoms with E-state index in [1.807, 2.05) is 19.9 Å². The predicted octanol–water partition coefficient (Wildman–Crippen LogP) is 3.75. The third-order valence-electron chi connectivity index (χ3n) is 4.35. The zero-order chi connectivity index (χ0) is 18.5. The number of nitrogens with zero attached hydrogens (tertiary/aromatic N) is 3. The Morgan fingerprint density at radius 3 is 2.77 bits per heavy atom. The zero-order valence-corrected chi connectivity index (χ0v) is 15.8. The second kappa shape index (κ2) is 8.36. The summed E-state index contributed by atoms with van der Waals surface area (Å²) in [4.78, 5) is 23.3. The van der Waals surface area contributed by atoms with Crippen molar-refractivity contribution in [3.63, 3.8) is 0 Å². The molecular formula is C19H23ClN4O2. The quantitative estimate of drug-likeness (QED) is 0.863. The summed E-state index contributed by atoms with van der Waals surface area (Å²) in [5, 5.41) is 3.42. The van der Waals surface area contributed by atoms with Gasteiger partial charge in [-0.25, -0.2) is 4.98 Å². The molecule has 6 nitrogen and oxygen atoms in total. The number of aryl methyl sites for hydroxylation is 1. The van der Waals surface area contributed by atoms with Gasteiger partial charge in [-0.15, -0.1) is 0 Å². The maximum absolute atomic E-state index is 12.2. The van der Waals surface area contributed by atoms with Crippen LogP contribution in [-0.2, 0) is 4.79 Å². The summed E-state index contributed by atoms with van der Waals surface area (Å²) in [6, 6.07) is 7.13. The number of piperidine rings is 1. The number of carbonyl (C=O) groups excluding carboxylic acids is 1. The number of hydrogen-bond acceptors (Lipinski definition) is 5. The van der Waals surface area contributed by atoms with Crippen molar-refractivity contribution in [2.45, 2.75) is 33.1 Å². The van der Waals surface area contributed by atoms with E-state index < -0.39 is 0 Å². The van der Waals surface area contributed by atoms with Crippen molar-refractivity contribution >= 4 is 29.1 Å². The molecule has 1 aliphatic rings. The lowest BCUT2D eigenvalue weighted by Crippen LogP contribution is -2.31. The van der Waals surface area contributed by atoms with E-state index in [2.05, 4.69) is 20.2 Å². The van der Waals surface area contributed by atoms with Gasteiger partial charge in [0.25, 0.3) is 5.91 Å². The number of halogens is 1. The molecule has 2 aromatic rings. The van der Waals surface area contributed by atoms with E-state index >= 15 is 0 Å². The normalized spacial score (nSPS) is 14.2. The van der Waals surface area contributed by atoms with Gasteiger partial charge in [-0.3, -0.25) is 4.79 Å². The zero-order valence-electron chi connectivity index (χ0n) is 15.1. The van der Waals surface area contributed by atoms with Crippen LogP contribution >= 0.6 is 11.6 Å². The Hall–Kier alpha value is -2.34. The third kappa shape index (κ3) is 4.64. The number of ether oxygens (including phenoxy) is 1. The van der Waals surface area contributed by atoms with Crippen molar-refractivity contribution < 1.29 is 9.53 Å². The second-order valence-corrected chi connectivity index (χ2v) is 6.85. The molecule has 1 amide bonds. The van der Waals surface area contributed by atoms with E-state index in [4.69, 9.17) is 16.3 Å². The molecule has 26 heavy (non-hydrogen) atoms. The van der Waals surface area contributed by atoms with Gasteiger partial charge in [0, 0.05) is 35.6 Å². The first-order chi connectivity index (χ1) is 12.5. The molecule has 0 bridgehead atoms. The molecule has 1 aliphatic heterocycles. The lowest BCUT2D eigenvalue weighted by Gasteiger charge is -2.26. The van der Waals surface area contributed by atoms with E-state index in [-0.39, 0.29) is 12.5 Å². The molecule has 1 saturated heterocycles. The average Bonchev–Trinajstić information content (AvgIpc) is 2.64. The van der Waals surface area contributed by atoms with E-state index in [0.29, 0.717) is 22.5 Å². The van der Waals surface area contributed by atoms with Crippen molar-refractivity contribution in [2.75, 3.05) is 29.9 Å². The monoisotopic (exact) mass is 374 g/mol. The van der Waals surface area contributed by atoms with Crippen LogP contribution in [0.4, 0.5) is 11.6 Å². The molecule has 0 radical (unpaired) electrons. The summed E-state index contributed by atoms with van der Waals surface area (Å²) in [6.07, 6.45) is 3.54. The van der Waals surface area contributed by atoms with Crippen LogP contribution in [0, 0.1) is 13.8 Å². The number of hydrogen-bond donors (Lipinski definition) is 1. The molecule has 2 heterocycles. The van der Waals surface area contributed by atoms with Gasteiger partial charge in [-0.2, -0.15) is 4.98 Å². The molecule has 0 spiro atoms. The number of nitrogens with one attached hydrogen (secondary N) is 1. The highest BCUT2D eigenvalue weighted by molar-refractivity contribution is 6.31. The largest absolute Gasteiger partial charge is 0.467 e. The van der Waals surface area contributed by atoms with Gasteiger partial charge in [0.1, 0.15) is 0 Å². The Kier molecular flexibility index (Phi) is 5.93. The number of carbonyl (C=O) groups is 1. The van der Waals surface area contributed by atoms with Gasteiger partial charge in [0.05, 0.1) is 0 Å². The molecule has 3 rings (SSSR count). The highest BCUT2D eigenvalue weighted by atomic mass is 35.5. The van der Waals surface area contributed by atoms with Crippen LogP contribution in [-0.4, -0.2) is 35.6 Å². The van der Waals surface area contributed by atoms with Gasteiger partial charge in [-0.05, 0) is 50.8 Å². The summed E-state index contributed by atoms with van der Waals surface area (Å²) in [5.41, 5.74) is 2.33. The van der Waals surface area contributed by atoms with Crippen molar-refractivity contribution in [3.05, 3.63) is 40.5 Å². The highest BCUT2D eigenvalue weighted by Gasteiger charge is 2.15. The van der Waals surface area contributed by atoms with Gasteiger partial charge in [-0.1, -0.05) is 17.7 Å². The lowest BCUT2D eigenvalue weighted by molar-refractivity contribution is -0.118. The van der Waals surface area contributed by atoms with Crippen LogP contribution in [0.25, 0.3) is 0 Å². The molecule has 138 valence electrons. The van der Waals surface area contributed by atoms with Gasteiger partial charge in [0.15, 0.2) is 6.61 Å². The summed E-state index contributed by atoms with van der Waals surface area (Å²) in [6.45, 7) is 5.55. The first-order valence-electron chi connectivity index (χ1n) is 8.81. The maximum Gasteiger partial charge on any atom is 0.262 e. The first-order valence-corrected chi connectivity index (χ1v) is 9.19. The van der Waals surface area contributed by atoms with Crippen LogP contribution in [0.1, 0.15) is 30.5 Å². The summed E-state index contributed by atoms with van der Waals surface area (Å²) >= 11 is 6.07. The molecule has 0 unspecified atom stereocenters. The lowest BCUT2D eigenvalue weighted by atomic mass is 10.1.